The van der Waals surface area contributed by atoms with E-state index in [4.69, 9.17) is 10.00 Å². The number of esters is 1. The first kappa shape index (κ1) is 17.2. The van der Waals surface area contributed by atoms with E-state index >= 15 is 0 Å². The van der Waals surface area contributed by atoms with Crippen molar-refractivity contribution < 1.29 is 19.4 Å². The molecule has 0 saturated heterocycles. The van der Waals surface area contributed by atoms with Crippen molar-refractivity contribution in [2.24, 2.45) is 0 Å². The number of nitrogens with one attached hydrogen (secondary N) is 1. The van der Waals surface area contributed by atoms with Crippen LogP contribution < -0.4 is 5.32 Å². The van der Waals surface area contributed by atoms with Gasteiger partial charge in [0.2, 0.25) is 0 Å². The van der Waals surface area contributed by atoms with Crippen LogP contribution in [0.3, 0.4) is 0 Å². The molecule has 0 spiro atoms. The van der Waals surface area contributed by atoms with Gasteiger partial charge in [-0.1, -0.05) is 30.3 Å². The largest absolute Gasteiger partial charge is 0.450 e. The highest BCUT2D eigenvalue weighted by molar-refractivity contribution is 5.95. The van der Waals surface area contributed by atoms with E-state index in [0.717, 1.165) is 0 Å². The van der Waals surface area contributed by atoms with Crippen LogP contribution in [0, 0.1) is 11.3 Å². The molecule has 0 aliphatic rings. The first-order valence-electron chi connectivity index (χ1n) is 7.26. The van der Waals surface area contributed by atoms with E-state index in [1.54, 1.807) is 54.6 Å². The average molecular weight is 324 g/mol. The molecule has 2 atom stereocenters. The summed E-state index contributed by atoms with van der Waals surface area (Å²) >= 11 is 0. The van der Waals surface area contributed by atoms with Gasteiger partial charge >= 0.3 is 5.97 Å². The number of rotatable bonds is 5. The number of nitriles is 1. The smallest absolute Gasteiger partial charge is 0.340 e. The Bertz CT molecular complexity index is 751. The molecular weight excluding hydrogens is 308 g/mol. The molecule has 0 aromatic heterocycles. The maximum Gasteiger partial charge on any atom is 0.340 e. The summed E-state index contributed by atoms with van der Waals surface area (Å²) in [4.78, 5) is 23.9. The molecule has 2 rings (SSSR count). The number of carbonyl (C=O) groups is 2. The lowest BCUT2D eigenvalue weighted by atomic mass is 10.1. The molecule has 1 amide bonds. The maximum absolute atomic E-state index is 12.0. The van der Waals surface area contributed by atoms with E-state index in [-0.39, 0.29) is 0 Å². The summed E-state index contributed by atoms with van der Waals surface area (Å²) in [6, 6.07) is 16.6. The van der Waals surface area contributed by atoms with Crippen molar-refractivity contribution in [1.29, 1.82) is 5.26 Å². The minimum absolute atomic E-state index is 0.391. The Morgan fingerprint density at radius 1 is 1.12 bits per heavy atom. The Morgan fingerprint density at radius 3 is 2.33 bits per heavy atom. The number of hydrogen-bond acceptors (Lipinski definition) is 5. The Balaban J connectivity index is 1.93. The Hall–Kier alpha value is -3.17. The normalized spacial score (nSPS) is 12.5. The van der Waals surface area contributed by atoms with Crippen LogP contribution in [0.5, 0.6) is 0 Å². The maximum atomic E-state index is 12.0. The molecule has 6 heteroatoms. The van der Waals surface area contributed by atoms with Crippen LogP contribution in [0.4, 0.5) is 5.69 Å². The molecule has 2 aromatic carbocycles. The summed E-state index contributed by atoms with van der Waals surface area (Å²) < 4.78 is 4.99. The summed E-state index contributed by atoms with van der Waals surface area (Å²) in [6.07, 6.45) is -2.53. The number of aliphatic hydroxyl groups excluding tert-OH is 1. The zero-order valence-electron chi connectivity index (χ0n) is 13.0. The van der Waals surface area contributed by atoms with Gasteiger partial charge in [-0.15, -0.1) is 0 Å². The molecule has 0 fully saturated rings. The molecule has 122 valence electrons. The third-order valence-electron chi connectivity index (χ3n) is 3.28. The summed E-state index contributed by atoms with van der Waals surface area (Å²) in [5, 5.41) is 21.2. The summed E-state index contributed by atoms with van der Waals surface area (Å²) in [5.41, 5.74) is 1.34. The van der Waals surface area contributed by atoms with Crippen LogP contribution >= 0.6 is 0 Å². The van der Waals surface area contributed by atoms with Gasteiger partial charge in [-0.25, -0.2) is 4.79 Å². The van der Waals surface area contributed by atoms with E-state index in [2.05, 4.69) is 5.32 Å². The molecule has 0 aliphatic heterocycles. The zero-order chi connectivity index (χ0) is 17.5. The highest BCUT2D eigenvalue weighted by Gasteiger charge is 2.24. The van der Waals surface area contributed by atoms with Gasteiger partial charge in [0.15, 0.2) is 12.2 Å². The van der Waals surface area contributed by atoms with Crippen molar-refractivity contribution in [1.82, 2.24) is 0 Å². The number of hydrogen-bond donors (Lipinski definition) is 2. The second kappa shape index (κ2) is 7.90. The summed E-state index contributed by atoms with van der Waals surface area (Å²) in [7, 11) is 0. The molecule has 0 unspecified atom stereocenters. The fraction of sp³-hybridized carbons (Fsp3) is 0.167. The predicted octanol–water partition coefficient (Wildman–Crippen LogP) is 2.16. The van der Waals surface area contributed by atoms with E-state index < -0.39 is 24.1 Å². The number of ether oxygens (including phenoxy) is 1. The number of amides is 1. The lowest BCUT2D eigenvalue weighted by Gasteiger charge is -2.16. The third-order valence-corrected chi connectivity index (χ3v) is 3.28. The first-order chi connectivity index (χ1) is 11.5. The van der Waals surface area contributed by atoms with Crippen LogP contribution in [0.2, 0.25) is 0 Å². The van der Waals surface area contributed by atoms with Gasteiger partial charge in [0.05, 0.1) is 11.6 Å². The molecule has 0 bridgehead atoms. The minimum Gasteiger partial charge on any atom is -0.450 e. The van der Waals surface area contributed by atoms with Crippen LogP contribution in [0.1, 0.15) is 24.2 Å². The Kier molecular flexibility index (Phi) is 5.66. The van der Waals surface area contributed by atoms with E-state index in [9.17, 15) is 14.7 Å². The standard InChI is InChI=1S/C18H16N2O4/c1-12(17(22)20-15-9-7-13(11-19)8-10-15)24-18(23)16(21)14-5-3-2-4-6-14/h2-10,12,16,21H,1H3,(H,20,22)/t12-,16+/m0/s1. The van der Waals surface area contributed by atoms with E-state index in [0.29, 0.717) is 16.8 Å². The molecule has 2 aromatic rings. The van der Waals surface area contributed by atoms with Crippen molar-refractivity contribution in [2.75, 3.05) is 5.32 Å². The zero-order valence-corrected chi connectivity index (χ0v) is 13.0. The summed E-state index contributed by atoms with van der Waals surface area (Å²) in [6.45, 7) is 1.41. The van der Waals surface area contributed by atoms with Crippen LogP contribution in [0.15, 0.2) is 54.6 Å². The first-order valence-corrected chi connectivity index (χ1v) is 7.26. The Labute approximate surface area is 139 Å². The fourth-order valence-corrected chi connectivity index (χ4v) is 1.94. The number of carbonyl (C=O) groups excluding carboxylic acids is 2. The van der Waals surface area contributed by atoms with Gasteiger partial charge in [-0.05, 0) is 36.8 Å². The number of nitrogens with zero attached hydrogens (tertiary/aromatic N) is 1. The van der Waals surface area contributed by atoms with Gasteiger partial charge in [0.1, 0.15) is 0 Å². The monoisotopic (exact) mass is 324 g/mol. The second-order valence-corrected chi connectivity index (χ2v) is 5.07. The SMILES string of the molecule is C[C@H](OC(=O)[C@H](O)c1ccccc1)C(=O)Nc1ccc(C#N)cc1. The molecule has 0 heterocycles. The third kappa shape index (κ3) is 4.41. The van der Waals surface area contributed by atoms with Gasteiger partial charge in [-0.3, -0.25) is 4.79 Å². The molecule has 0 radical (unpaired) electrons. The van der Waals surface area contributed by atoms with E-state index in [1.807, 2.05) is 6.07 Å². The van der Waals surface area contributed by atoms with Crippen molar-refractivity contribution >= 4 is 17.6 Å². The van der Waals surface area contributed by atoms with Gasteiger partial charge in [0, 0.05) is 5.69 Å². The lowest BCUT2D eigenvalue weighted by Crippen LogP contribution is -2.31. The lowest BCUT2D eigenvalue weighted by molar-refractivity contribution is -0.162. The van der Waals surface area contributed by atoms with Crippen molar-refractivity contribution in [3.05, 3.63) is 65.7 Å². The van der Waals surface area contributed by atoms with Crippen LogP contribution in [0.25, 0.3) is 0 Å². The highest BCUT2D eigenvalue weighted by atomic mass is 16.6. The number of anilines is 1. The molecular formula is C18H16N2O4. The summed E-state index contributed by atoms with van der Waals surface area (Å²) in [5.74, 6) is -1.43. The van der Waals surface area contributed by atoms with E-state index in [1.165, 1.54) is 6.92 Å². The van der Waals surface area contributed by atoms with Gasteiger partial charge in [-0.2, -0.15) is 5.26 Å². The molecule has 2 N–H and O–H groups in total. The van der Waals surface area contributed by atoms with Gasteiger partial charge in [0.25, 0.3) is 5.91 Å². The van der Waals surface area contributed by atoms with Crippen LogP contribution in [-0.4, -0.2) is 23.1 Å². The average Bonchev–Trinajstić information content (AvgIpc) is 2.62. The quantitative estimate of drug-likeness (QED) is 0.821. The molecule has 0 saturated carbocycles. The molecule has 24 heavy (non-hydrogen) atoms. The second-order valence-electron chi connectivity index (χ2n) is 5.07. The number of benzene rings is 2. The van der Waals surface area contributed by atoms with Crippen LogP contribution in [-0.2, 0) is 14.3 Å². The fourth-order valence-electron chi connectivity index (χ4n) is 1.94. The van der Waals surface area contributed by atoms with Gasteiger partial charge < -0.3 is 15.2 Å². The highest BCUT2D eigenvalue weighted by Crippen LogP contribution is 2.15. The Morgan fingerprint density at radius 2 is 1.75 bits per heavy atom. The van der Waals surface area contributed by atoms with Crippen molar-refractivity contribution in [3.8, 4) is 6.07 Å². The predicted molar refractivity (Wildman–Crippen MR) is 86.7 cm³/mol. The topological polar surface area (TPSA) is 99.4 Å². The number of aliphatic hydroxyl groups is 1. The van der Waals surface area contributed by atoms with Crippen molar-refractivity contribution in [2.45, 2.75) is 19.1 Å². The molecule has 0 aliphatic carbocycles. The minimum atomic E-state index is -1.45. The van der Waals surface area contributed by atoms with Crippen molar-refractivity contribution in [3.63, 3.8) is 0 Å². The molecule has 6 nitrogen and oxygen atoms in total.